The van der Waals surface area contributed by atoms with Crippen LogP contribution in [0.5, 0.6) is 0 Å². The fourth-order valence-corrected chi connectivity index (χ4v) is 2.40. The lowest BCUT2D eigenvalue weighted by molar-refractivity contribution is 0.220. The molecule has 1 aliphatic rings. The molecule has 4 heteroatoms. The second-order valence-corrected chi connectivity index (χ2v) is 4.59. The van der Waals surface area contributed by atoms with Crippen LogP contribution in [0.3, 0.4) is 0 Å². The van der Waals surface area contributed by atoms with Gasteiger partial charge in [0.25, 0.3) is 0 Å². The maximum Gasteiger partial charge on any atom is 0.214 e. The van der Waals surface area contributed by atoms with E-state index in [0.29, 0.717) is 6.04 Å². The van der Waals surface area contributed by atoms with Crippen molar-refractivity contribution in [2.45, 2.75) is 25.8 Å². The van der Waals surface area contributed by atoms with Crippen molar-refractivity contribution in [3.05, 3.63) is 24.1 Å². The fraction of sp³-hybridized carbons (Fsp3) is 0.615. The summed E-state index contributed by atoms with van der Waals surface area (Å²) in [4.78, 5) is 8.49. The number of hydrogen-bond acceptors (Lipinski definition) is 3. The van der Waals surface area contributed by atoms with Gasteiger partial charge in [-0.3, -0.25) is 0 Å². The van der Waals surface area contributed by atoms with Crippen LogP contribution in [0.25, 0.3) is 0 Å². The number of likely N-dealkylation sites (tertiary alicyclic amines) is 1. The van der Waals surface area contributed by atoms with Gasteiger partial charge in [0.05, 0.1) is 0 Å². The first-order valence-corrected chi connectivity index (χ1v) is 6.28. The molecular formula is C13H20FN3. The van der Waals surface area contributed by atoms with Gasteiger partial charge in [-0.05, 0) is 31.5 Å². The summed E-state index contributed by atoms with van der Waals surface area (Å²) in [5, 5.41) is 0. The maximum atomic E-state index is 13.1. The first-order chi connectivity index (χ1) is 8.20. The zero-order chi connectivity index (χ0) is 12.3. The summed E-state index contributed by atoms with van der Waals surface area (Å²) in [6, 6.07) is 5.45. The van der Waals surface area contributed by atoms with Crippen LogP contribution in [-0.4, -0.2) is 42.6 Å². The van der Waals surface area contributed by atoms with Gasteiger partial charge in [0.2, 0.25) is 5.95 Å². The Morgan fingerprint density at radius 1 is 1.41 bits per heavy atom. The van der Waals surface area contributed by atoms with Gasteiger partial charge in [-0.15, -0.1) is 0 Å². The second kappa shape index (κ2) is 5.45. The lowest BCUT2D eigenvalue weighted by Gasteiger charge is -2.36. The summed E-state index contributed by atoms with van der Waals surface area (Å²) >= 11 is 0. The van der Waals surface area contributed by atoms with Crippen LogP contribution in [0, 0.1) is 5.95 Å². The smallest absolute Gasteiger partial charge is 0.214 e. The quantitative estimate of drug-likeness (QED) is 0.751. The standard InChI is InChI=1S/C13H20FN3/c1-3-17-9-7-11(8-10-17)16(2)13-6-4-5-12(14)15-13/h4-6,11H,3,7-10H2,1-2H3. The van der Waals surface area contributed by atoms with Gasteiger partial charge in [0, 0.05) is 26.2 Å². The molecule has 1 aromatic heterocycles. The Bertz CT molecular complexity index is 361. The molecule has 1 saturated heterocycles. The zero-order valence-electron chi connectivity index (χ0n) is 10.6. The molecule has 0 atom stereocenters. The molecule has 1 aliphatic heterocycles. The summed E-state index contributed by atoms with van der Waals surface area (Å²) in [7, 11) is 2.01. The minimum atomic E-state index is -0.402. The zero-order valence-corrected chi connectivity index (χ0v) is 10.6. The van der Waals surface area contributed by atoms with E-state index in [1.807, 2.05) is 13.1 Å². The Morgan fingerprint density at radius 3 is 2.71 bits per heavy atom. The van der Waals surface area contributed by atoms with Gasteiger partial charge in [0.15, 0.2) is 0 Å². The van der Waals surface area contributed by atoms with Crippen molar-refractivity contribution in [2.75, 3.05) is 31.6 Å². The summed E-state index contributed by atoms with van der Waals surface area (Å²) < 4.78 is 13.1. The summed E-state index contributed by atoms with van der Waals surface area (Å²) in [6.45, 7) is 5.56. The number of anilines is 1. The first-order valence-electron chi connectivity index (χ1n) is 6.28. The molecule has 17 heavy (non-hydrogen) atoms. The van der Waals surface area contributed by atoms with Crippen LogP contribution in [-0.2, 0) is 0 Å². The third-order valence-electron chi connectivity index (χ3n) is 3.61. The number of pyridine rings is 1. The Kier molecular flexibility index (Phi) is 3.94. The predicted octanol–water partition coefficient (Wildman–Crippen LogP) is 2.14. The minimum absolute atomic E-state index is 0.402. The highest BCUT2D eigenvalue weighted by Gasteiger charge is 2.22. The van der Waals surface area contributed by atoms with Crippen LogP contribution >= 0.6 is 0 Å². The van der Waals surface area contributed by atoms with E-state index in [1.54, 1.807) is 6.07 Å². The van der Waals surface area contributed by atoms with E-state index in [4.69, 9.17) is 0 Å². The maximum absolute atomic E-state index is 13.1. The van der Waals surface area contributed by atoms with E-state index in [2.05, 4.69) is 21.7 Å². The van der Waals surface area contributed by atoms with Crippen molar-refractivity contribution >= 4 is 5.82 Å². The molecule has 0 N–H and O–H groups in total. The third kappa shape index (κ3) is 2.94. The Hall–Kier alpha value is -1.16. The van der Waals surface area contributed by atoms with Crippen molar-refractivity contribution in [1.29, 1.82) is 0 Å². The van der Waals surface area contributed by atoms with Crippen LogP contribution in [0.4, 0.5) is 10.2 Å². The monoisotopic (exact) mass is 237 g/mol. The van der Waals surface area contributed by atoms with Gasteiger partial charge in [-0.1, -0.05) is 13.0 Å². The number of halogens is 1. The molecule has 0 bridgehead atoms. The van der Waals surface area contributed by atoms with Crippen LogP contribution in [0.1, 0.15) is 19.8 Å². The molecule has 0 aliphatic carbocycles. The molecule has 0 radical (unpaired) electrons. The van der Waals surface area contributed by atoms with Crippen molar-refractivity contribution in [2.24, 2.45) is 0 Å². The number of rotatable bonds is 3. The van der Waals surface area contributed by atoms with Crippen molar-refractivity contribution in [3.63, 3.8) is 0 Å². The molecular weight excluding hydrogens is 217 g/mol. The topological polar surface area (TPSA) is 19.4 Å². The summed E-state index contributed by atoms with van der Waals surface area (Å²) in [5.74, 6) is 0.334. The second-order valence-electron chi connectivity index (χ2n) is 4.59. The van der Waals surface area contributed by atoms with Crippen molar-refractivity contribution < 1.29 is 4.39 Å². The molecule has 0 saturated carbocycles. The van der Waals surface area contributed by atoms with Crippen LogP contribution in [0.15, 0.2) is 18.2 Å². The van der Waals surface area contributed by atoms with E-state index in [0.717, 1.165) is 38.3 Å². The van der Waals surface area contributed by atoms with Gasteiger partial charge in [-0.2, -0.15) is 4.39 Å². The van der Waals surface area contributed by atoms with E-state index < -0.39 is 5.95 Å². The lowest BCUT2D eigenvalue weighted by atomic mass is 10.0. The number of hydrogen-bond donors (Lipinski definition) is 0. The Labute approximate surface area is 102 Å². The lowest BCUT2D eigenvalue weighted by Crippen LogP contribution is -2.43. The van der Waals surface area contributed by atoms with E-state index >= 15 is 0 Å². The highest BCUT2D eigenvalue weighted by Crippen LogP contribution is 2.20. The molecule has 0 unspecified atom stereocenters. The average molecular weight is 237 g/mol. The molecule has 2 heterocycles. The van der Waals surface area contributed by atoms with Crippen LogP contribution < -0.4 is 4.90 Å². The minimum Gasteiger partial charge on any atom is -0.357 e. The number of aromatic nitrogens is 1. The first kappa shape index (κ1) is 12.3. The predicted molar refractivity (Wildman–Crippen MR) is 67.7 cm³/mol. The van der Waals surface area contributed by atoms with Crippen molar-refractivity contribution in [3.8, 4) is 0 Å². The molecule has 1 fully saturated rings. The molecule has 0 spiro atoms. The molecule has 2 rings (SSSR count). The van der Waals surface area contributed by atoms with Crippen molar-refractivity contribution in [1.82, 2.24) is 9.88 Å². The highest BCUT2D eigenvalue weighted by molar-refractivity contribution is 5.38. The van der Waals surface area contributed by atoms with Gasteiger partial charge >= 0.3 is 0 Å². The SMILES string of the molecule is CCN1CCC(N(C)c2cccc(F)n2)CC1. The number of nitrogens with zero attached hydrogens (tertiary/aromatic N) is 3. The van der Waals surface area contributed by atoms with Gasteiger partial charge in [0.1, 0.15) is 5.82 Å². The third-order valence-corrected chi connectivity index (χ3v) is 3.61. The van der Waals surface area contributed by atoms with E-state index in [1.165, 1.54) is 6.07 Å². The average Bonchev–Trinajstić information content (AvgIpc) is 2.38. The van der Waals surface area contributed by atoms with Crippen LogP contribution in [0.2, 0.25) is 0 Å². The molecule has 0 amide bonds. The molecule has 94 valence electrons. The van der Waals surface area contributed by atoms with Gasteiger partial charge < -0.3 is 9.80 Å². The highest BCUT2D eigenvalue weighted by atomic mass is 19.1. The molecule has 1 aromatic rings. The summed E-state index contributed by atoms with van der Waals surface area (Å²) in [6.07, 6.45) is 2.26. The van der Waals surface area contributed by atoms with E-state index in [9.17, 15) is 4.39 Å². The number of piperidine rings is 1. The van der Waals surface area contributed by atoms with E-state index in [-0.39, 0.29) is 0 Å². The van der Waals surface area contributed by atoms with Gasteiger partial charge in [-0.25, -0.2) is 4.98 Å². The molecule has 3 nitrogen and oxygen atoms in total. The summed E-state index contributed by atoms with van der Waals surface area (Å²) in [5.41, 5.74) is 0. The normalized spacial score (nSPS) is 18.3. The fourth-order valence-electron chi connectivity index (χ4n) is 2.40. The largest absolute Gasteiger partial charge is 0.357 e. The Balaban J connectivity index is 1.99. The Morgan fingerprint density at radius 2 is 2.12 bits per heavy atom. The molecule has 0 aromatic carbocycles.